The average Bonchev–Trinajstić information content (AvgIpc) is 1.97. The fraction of sp³-hybridized carbons (Fsp3) is 0.833. The van der Waals surface area contributed by atoms with E-state index in [1.807, 2.05) is 0 Å². The van der Waals surface area contributed by atoms with E-state index in [0.717, 1.165) is 0 Å². The lowest BCUT2D eigenvalue weighted by atomic mass is 10.5. The quantitative estimate of drug-likeness (QED) is 0.438. The normalized spacial score (nSPS) is 12.9. The number of aliphatic carboxylic acids is 1. The number of nitrogens with one attached hydrogen (secondary N) is 1. The van der Waals surface area contributed by atoms with Crippen LogP contribution in [0.2, 0.25) is 0 Å². The van der Waals surface area contributed by atoms with Crippen molar-refractivity contribution in [3.8, 4) is 0 Å². The number of carboxylic acid groups (broad SMARTS) is 1. The molecule has 0 aromatic carbocycles. The van der Waals surface area contributed by atoms with E-state index in [1.165, 1.54) is 0 Å². The molecule has 0 aliphatic rings. The van der Waals surface area contributed by atoms with Gasteiger partial charge in [-0.05, 0) is 6.92 Å². The van der Waals surface area contributed by atoms with Gasteiger partial charge in [-0.15, -0.1) is 0 Å². The number of rotatable bonds is 6. The maximum Gasteiger partial charge on any atom is 0.348 e. The van der Waals surface area contributed by atoms with Gasteiger partial charge in [-0.2, -0.15) is 0 Å². The van der Waals surface area contributed by atoms with Crippen molar-refractivity contribution < 1.29 is 19.7 Å². The molecule has 0 heterocycles. The summed E-state index contributed by atoms with van der Waals surface area (Å²) in [7, 11) is 0. The van der Waals surface area contributed by atoms with Gasteiger partial charge in [0.05, 0.1) is 6.61 Å². The Bertz CT molecular complexity index is 117. The van der Waals surface area contributed by atoms with Crippen molar-refractivity contribution in [2.24, 2.45) is 0 Å². The zero-order chi connectivity index (χ0) is 8.69. The minimum Gasteiger partial charge on any atom is -0.478 e. The molecule has 5 heteroatoms. The predicted octanol–water partition coefficient (Wildman–Crippen LogP) is -0.984. The SMILES string of the molecule is CCOC(NCCO)C(=O)O. The van der Waals surface area contributed by atoms with Gasteiger partial charge in [0.2, 0.25) is 6.23 Å². The predicted molar refractivity (Wildman–Crippen MR) is 38.1 cm³/mol. The van der Waals surface area contributed by atoms with Crippen LogP contribution in [0.15, 0.2) is 0 Å². The highest BCUT2D eigenvalue weighted by Crippen LogP contribution is 1.86. The molecule has 0 fully saturated rings. The van der Waals surface area contributed by atoms with Gasteiger partial charge in [0, 0.05) is 13.2 Å². The number of aliphatic hydroxyl groups is 1. The van der Waals surface area contributed by atoms with Crippen molar-refractivity contribution in [3.05, 3.63) is 0 Å². The van der Waals surface area contributed by atoms with Crippen molar-refractivity contribution in [2.45, 2.75) is 13.2 Å². The molecule has 0 bridgehead atoms. The van der Waals surface area contributed by atoms with Gasteiger partial charge < -0.3 is 14.9 Å². The molecule has 11 heavy (non-hydrogen) atoms. The summed E-state index contributed by atoms with van der Waals surface area (Å²) < 4.78 is 4.78. The number of carboxylic acids is 1. The molecule has 0 spiro atoms. The van der Waals surface area contributed by atoms with Gasteiger partial charge in [0.25, 0.3) is 0 Å². The third-order valence-electron chi connectivity index (χ3n) is 0.999. The molecular formula is C6H13NO4. The van der Waals surface area contributed by atoms with E-state index < -0.39 is 12.2 Å². The van der Waals surface area contributed by atoms with Gasteiger partial charge >= 0.3 is 5.97 Å². The summed E-state index contributed by atoms with van der Waals surface area (Å²) in [5, 5.41) is 19.3. The lowest BCUT2D eigenvalue weighted by Gasteiger charge is -2.12. The van der Waals surface area contributed by atoms with Crippen LogP contribution < -0.4 is 5.32 Å². The molecule has 3 N–H and O–H groups in total. The first kappa shape index (κ1) is 10.3. The Morgan fingerprint density at radius 3 is 2.73 bits per heavy atom. The standard InChI is InChI=1S/C6H13NO4/c1-2-11-5(6(9)10)7-3-4-8/h5,7-8H,2-4H2,1H3,(H,9,10). The monoisotopic (exact) mass is 163 g/mol. The highest BCUT2D eigenvalue weighted by Gasteiger charge is 2.14. The van der Waals surface area contributed by atoms with Crippen molar-refractivity contribution in [3.63, 3.8) is 0 Å². The maximum atomic E-state index is 10.3. The third-order valence-corrected chi connectivity index (χ3v) is 0.999. The van der Waals surface area contributed by atoms with Crippen LogP contribution in [-0.2, 0) is 9.53 Å². The van der Waals surface area contributed by atoms with Crippen molar-refractivity contribution in [2.75, 3.05) is 19.8 Å². The Hall–Kier alpha value is -0.650. The molecule has 0 radical (unpaired) electrons. The van der Waals surface area contributed by atoms with E-state index in [4.69, 9.17) is 14.9 Å². The van der Waals surface area contributed by atoms with Crippen LogP contribution in [0.1, 0.15) is 6.92 Å². The van der Waals surface area contributed by atoms with E-state index in [1.54, 1.807) is 6.92 Å². The highest BCUT2D eigenvalue weighted by molar-refractivity contribution is 5.71. The molecule has 0 aliphatic carbocycles. The topological polar surface area (TPSA) is 78.8 Å². The van der Waals surface area contributed by atoms with Crippen molar-refractivity contribution >= 4 is 5.97 Å². The molecule has 0 saturated heterocycles. The molecule has 0 saturated carbocycles. The lowest BCUT2D eigenvalue weighted by molar-refractivity contribution is -0.152. The second kappa shape index (κ2) is 6.09. The van der Waals surface area contributed by atoms with Crippen LogP contribution >= 0.6 is 0 Å². The summed E-state index contributed by atoms with van der Waals surface area (Å²) in [5.41, 5.74) is 0. The fourth-order valence-corrected chi connectivity index (χ4v) is 0.580. The van der Waals surface area contributed by atoms with E-state index in [2.05, 4.69) is 5.32 Å². The van der Waals surface area contributed by atoms with Gasteiger partial charge in [-0.3, -0.25) is 5.32 Å². The van der Waals surface area contributed by atoms with E-state index in [9.17, 15) is 4.79 Å². The van der Waals surface area contributed by atoms with Crippen molar-refractivity contribution in [1.29, 1.82) is 0 Å². The number of aliphatic hydroxyl groups excluding tert-OH is 1. The van der Waals surface area contributed by atoms with E-state index in [-0.39, 0.29) is 13.2 Å². The first-order valence-electron chi connectivity index (χ1n) is 3.41. The minimum atomic E-state index is -1.07. The number of ether oxygens (including phenoxy) is 1. The molecule has 66 valence electrons. The van der Waals surface area contributed by atoms with Crippen LogP contribution in [0.4, 0.5) is 0 Å². The number of hydrogen-bond donors (Lipinski definition) is 3. The summed E-state index contributed by atoms with van der Waals surface area (Å²) in [6, 6.07) is 0. The molecule has 0 aromatic rings. The smallest absolute Gasteiger partial charge is 0.348 e. The number of hydrogen-bond acceptors (Lipinski definition) is 4. The molecule has 5 nitrogen and oxygen atoms in total. The maximum absolute atomic E-state index is 10.3. The van der Waals surface area contributed by atoms with E-state index >= 15 is 0 Å². The first-order valence-corrected chi connectivity index (χ1v) is 3.41. The second-order valence-corrected chi connectivity index (χ2v) is 1.85. The Morgan fingerprint density at radius 2 is 2.36 bits per heavy atom. The second-order valence-electron chi connectivity index (χ2n) is 1.85. The summed E-state index contributed by atoms with van der Waals surface area (Å²) in [6.45, 7) is 2.15. The molecule has 0 aliphatic heterocycles. The Balaban J connectivity index is 3.60. The van der Waals surface area contributed by atoms with Crippen LogP contribution in [0, 0.1) is 0 Å². The van der Waals surface area contributed by atoms with Gasteiger partial charge in [-0.25, -0.2) is 4.79 Å². The summed E-state index contributed by atoms with van der Waals surface area (Å²) in [6.07, 6.45) is -1.01. The van der Waals surface area contributed by atoms with Crippen LogP contribution in [0.3, 0.4) is 0 Å². The summed E-state index contributed by atoms with van der Waals surface area (Å²) >= 11 is 0. The third kappa shape index (κ3) is 4.72. The average molecular weight is 163 g/mol. The number of carbonyl (C=O) groups is 1. The highest BCUT2D eigenvalue weighted by atomic mass is 16.5. The Kier molecular flexibility index (Phi) is 5.73. The first-order chi connectivity index (χ1) is 5.22. The van der Waals surface area contributed by atoms with Gasteiger partial charge in [-0.1, -0.05) is 0 Å². The van der Waals surface area contributed by atoms with Crippen molar-refractivity contribution in [1.82, 2.24) is 5.32 Å². The van der Waals surface area contributed by atoms with Crippen LogP contribution in [-0.4, -0.2) is 42.2 Å². The Labute approximate surface area is 65.0 Å². The Morgan fingerprint density at radius 1 is 1.73 bits per heavy atom. The fourth-order valence-electron chi connectivity index (χ4n) is 0.580. The molecule has 0 aromatic heterocycles. The largest absolute Gasteiger partial charge is 0.478 e. The molecule has 0 amide bonds. The molecular weight excluding hydrogens is 150 g/mol. The van der Waals surface area contributed by atoms with Crippen LogP contribution in [0.5, 0.6) is 0 Å². The lowest BCUT2D eigenvalue weighted by Crippen LogP contribution is -2.40. The van der Waals surface area contributed by atoms with Gasteiger partial charge in [0.15, 0.2) is 0 Å². The van der Waals surface area contributed by atoms with E-state index in [0.29, 0.717) is 6.61 Å². The summed E-state index contributed by atoms with van der Waals surface area (Å²) in [4.78, 5) is 10.3. The zero-order valence-electron chi connectivity index (χ0n) is 6.41. The zero-order valence-corrected chi connectivity index (χ0v) is 6.41. The summed E-state index contributed by atoms with van der Waals surface area (Å²) in [5.74, 6) is -1.07. The van der Waals surface area contributed by atoms with Gasteiger partial charge in [0.1, 0.15) is 0 Å². The minimum absolute atomic E-state index is 0.100. The van der Waals surface area contributed by atoms with Crippen LogP contribution in [0.25, 0.3) is 0 Å². The molecule has 1 unspecified atom stereocenters. The molecule has 0 rings (SSSR count). The molecule has 1 atom stereocenters.